The van der Waals surface area contributed by atoms with Crippen molar-refractivity contribution in [3.05, 3.63) is 35.5 Å². The maximum absolute atomic E-state index is 11.7. The van der Waals surface area contributed by atoms with Crippen LogP contribution in [0, 0.1) is 0 Å². The van der Waals surface area contributed by atoms with Gasteiger partial charge in [-0.2, -0.15) is 0 Å². The molecule has 0 aromatic heterocycles. The van der Waals surface area contributed by atoms with E-state index in [2.05, 4.69) is 25.4 Å². The van der Waals surface area contributed by atoms with E-state index in [4.69, 9.17) is 0 Å². The van der Waals surface area contributed by atoms with Crippen LogP contribution in [0.2, 0.25) is 0 Å². The predicted molar refractivity (Wildman–Crippen MR) is 82.4 cm³/mol. The molecule has 0 radical (unpaired) electrons. The summed E-state index contributed by atoms with van der Waals surface area (Å²) in [5, 5.41) is 9.49. The SMILES string of the molecule is COC(=O)/C=C(/Nc1ccc2c(c1)CNCCN2)C(=O)OC. The summed E-state index contributed by atoms with van der Waals surface area (Å²) in [6, 6.07) is 5.66. The van der Waals surface area contributed by atoms with Crippen molar-refractivity contribution in [3.8, 4) is 0 Å². The molecule has 3 N–H and O–H groups in total. The van der Waals surface area contributed by atoms with Gasteiger partial charge in [-0.1, -0.05) is 0 Å². The number of ether oxygens (including phenoxy) is 2. The maximum Gasteiger partial charge on any atom is 0.354 e. The second-order valence-electron chi connectivity index (χ2n) is 4.67. The number of methoxy groups -OCH3 is 2. The first kappa shape index (κ1) is 15.8. The Hall–Kier alpha value is -2.54. The Balaban J connectivity index is 2.23. The lowest BCUT2D eigenvalue weighted by molar-refractivity contribution is -0.138. The lowest BCUT2D eigenvalue weighted by Gasteiger charge is -2.12. The topological polar surface area (TPSA) is 88.7 Å². The van der Waals surface area contributed by atoms with Crippen LogP contribution in [0.4, 0.5) is 11.4 Å². The molecule has 0 spiro atoms. The molecule has 1 aromatic rings. The molecule has 0 fully saturated rings. The van der Waals surface area contributed by atoms with E-state index in [1.807, 2.05) is 18.2 Å². The lowest BCUT2D eigenvalue weighted by Crippen LogP contribution is -2.17. The van der Waals surface area contributed by atoms with Gasteiger partial charge >= 0.3 is 11.9 Å². The highest BCUT2D eigenvalue weighted by atomic mass is 16.5. The molecular formula is C15H19N3O4. The molecule has 118 valence electrons. The summed E-state index contributed by atoms with van der Waals surface area (Å²) in [4.78, 5) is 23.1. The Labute approximate surface area is 128 Å². The zero-order valence-electron chi connectivity index (χ0n) is 12.6. The molecule has 0 aliphatic carbocycles. The molecule has 0 bridgehead atoms. The minimum Gasteiger partial charge on any atom is -0.466 e. The number of hydrogen-bond donors (Lipinski definition) is 3. The van der Waals surface area contributed by atoms with Crippen molar-refractivity contribution in [3.63, 3.8) is 0 Å². The fraction of sp³-hybridized carbons (Fsp3) is 0.333. The van der Waals surface area contributed by atoms with E-state index in [1.54, 1.807) is 0 Å². The predicted octanol–water partition coefficient (Wildman–Crippen LogP) is 0.843. The average Bonchev–Trinajstić information content (AvgIpc) is 2.78. The minimum atomic E-state index is -0.642. The summed E-state index contributed by atoms with van der Waals surface area (Å²) in [5.41, 5.74) is 2.82. The average molecular weight is 305 g/mol. The number of carbonyl (C=O) groups is 2. The highest BCUT2D eigenvalue weighted by Crippen LogP contribution is 2.22. The van der Waals surface area contributed by atoms with Crippen molar-refractivity contribution in [1.82, 2.24) is 5.32 Å². The Morgan fingerprint density at radius 1 is 1.23 bits per heavy atom. The maximum atomic E-state index is 11.7. The summed E-state index contributed by atoms with van der Waals surface area (Å²) >= 11 is 0. The Morgan fingerprint density at radius 2 is 2.05 bits per heavy atom. The van der Waals surface area contributed by atoms with Gasteiger partial charge in [0.05, 0.1) is 20.3 Å². The van der Waals surface area contributed by atoms with Crippen molar-refractivity contribution in [2.45, 2.75) is 6.54 Å². The normalized spacial score (nSPS) is 14.2. The van der Waals surface area contributed by atoms with Crippen molar-refractivity contribution < 1.29 is 19.1 Å². The van der Waals surface area contributed by atoms with Gasteiger partial charge in [0.1, 0.15) is 5.70 Å². The van der Waals surface area contributed by atoms with E-state index < -0.39 is 11.9 Å². The fourth-order valence-electron chi connectivity index (χ4n) is 2.09. The van der Waals surface area contributed by atoms with Crippen LogP contribution in [-0.4, -0.2) is 39.2 Å². The van der Waals surface area contributed by atoms with Crippen LogP contribution in [0.5, 0.6) is 0 Å². The third kappa shape index (κ3) is 3.98. The summed E-state index contributed by atoms with van der Waals surface area (Å²) in [6.07, 6.45) is 1.06. The van der Waals surface area contributed by atoms with E-state index >= 15 is 0 Å². The van der Waals surface area contributed by atoms with Crippen LogP contribution in [0.3, 0.4) is 0 Å². The van der Waals surface area contributed by atoms with Crippen molar-refractivity contribution >= 4 is 23.3 Å². The van der Waals surface area contributed by atoms with Crippen LogP contribution in [0.25, 0.3) is 0 Å². The molecule has 0 atom stereocenters. The zero-order chi connectivity index (χ0) is 15.9. The summed E-state index contributed by atoms with van der Waals surface area (Å²) in [6.45, 7) is 2.47. The molecular weight excluding hydrogens is 286 g/mol. The van der Waals surface area contributed by atoms with E-state index in [-0.39, 0.29) is 5.70 Å². The van der Waals surface area contributed by atoms with Crippen LogP contribution < -0.4 is 16.0 Å². The van der Waals surface area contributed by atoms with Gasteiger partial charge in [0.25, 0.3) is 0 Å². The molecule has 7 nitrogen and oxygen atoms in total. The van der Waals surface area contributed by atoms with Gasteiger partial charge < -0.3 is 25.4 Å². The van der Waals surface area contributed by atoms with E-state index in [0.717, 1.165) is 37.0 Å². The molecule has 1 aromatic carbocycles. The number of benzene rings is 1. The molecule has 0 saturated heterocycles. The van der Waals surface area contributed by atoms with Crippen LogP contribution >= 0.6 is 0 Å². The van der Waals surface area contributed by atoms with E-state index in [0.29, 0.717) is 5.69 Å². The van der Waals surface area contributed by atoms with Crippen molar-refractivity contribution in [2.75, 3.05) is 37.9 Å². The Morgan fingerprint density at radius 3 is 2.77 bits per heavy atom. The smallest absolute Gasteiger partial charge is 0.354 e. The molecule has 1 heterocycles. The van der Waals surface area contributed by atoms with E-state index in [9.17, 15) is 9.59 Å². The first-order valence-corrected chi connectivity index (χ1v) is 6.86. The standard InChI is InChI=1S/C15H19N3O4/c1-21-14(19)8-13(15(20)22-2)18-11-3-4-12-10(7-11)9-16-5-6-17-12/h3-4,7-8,16-18H,5-6,9H2,1-2H3/b13-8+. The van der Waals surface area contributed by atoms with Gasteiger partial charge in [0.2, 0.25) is 0 Å². The second-order valence-corrected chi connectivity index (χ2v) is 4.67. The number of hydrogen-bond acceptors (Lipinski definition) is 7. The number of fused-ring (bicyclic) bond motifs is 1. The summed E-state index contributed by atoms with van der Waals surface area (Å²) in [7, 11) is 2.49. The number of esters is 2. The Kier molecular flexibility index (Phi) is 5.37. The third-order valence-corrected chi connectivity index (χ3v) is 3.19. The molecule has 22 heavy (non-hydrogen) atoms. The van der Waals surface area contributed by atoms with Crippen LogP contribution in [0.15, 0.2) is 30.0 Å². The largest absolute Gasteiger partial charge is 0.466 e. The lowest BCUT2D eigenvalue weighted by atomic mass is 10.1. The van der Waals surface area contributed by atoms with E-state index in [1.165, 1.54) is 14.2 Å². The summed E-state index contributed by atoms with van der Waals surface area (Å²) < 4.78 is 9.20. The molecule has 7 heteroatoms. The van der Waals surface area contributed by atoms with Crippen LogP contribution in [0.1, 0.15) is 5.56 Å². The second kappa shape index (κ2) is 7.46. The number of anilines is 2. The highest BCUT2D eigenvalue weighted by Gasteiger charge is 2.14. The van der Waals surface area contributed by atoms with Crippen molar-refractivity contribution in [1.29, 1.82) is 0 Å². The molecule has 0 unspecified atom stereocenters. The number of carbonyl (C=O) groups excluding carboxylic acids is 2. The zero-order valence-corrected chi connectivity index (χ0v) is 12.6. The van der Waals surface area contributed by atoms with Gasteiger partial charge in [-0.25, -0.2) is 9.59 Å². The molecule has 0 amide bonds. The quantitative estimate of drug-likeness (QED) is 0.561. The van der Waals surface area contributed by atoms with Crippen molar-refractivity contribution in [2.24, 2.45) is 0 Å². The van der Waals surface area contributed by atoms with Gasteiger partial charge in [0, 0.05) is 31.0 Å². The third-order valence-electron chi connectivity index (χ3n) is 3.19. The van der Waals surface area contributed by atoms with Gasteiger partial charge in [-0.3, -0.25) is 0 Å². The molecule has 1 aliphatic heterocycles. The van der Waals surface area contributed by atoms with Gasteiger partial charge in [-0.05, 0) is 23.8 Å². The summed E-state index contributed by atoms with van der Waals surface area (Å²) in [5.74, 6) is -1.28. The highest BCUT2D eigenvalue weighted by molar-refractivity contribution is 5.98. The molecule has 0 saturated carbocycles. The number of nitrogens with one attached hydrogen (secondary N) is 3. The monoisotopic (exact) mass is 305 g/mol. The minimum absolute atomic E-state index is 0.0174. The fourth-order valence-corrected chi connectivity index (χ4v) is 2.09. The van der Waals surface area contributed by atoms with Gasteiger partial charge in [-0.15, -0.1) is 0 Å². The van der Waals surface area contributed by atoms with Crippen LogP contribution in [-0.2, 0) is 25.6 Å². The molecule has 2 rings (SSSR count). The first-order chi connectivity index (χ1) is 10.6. The molecule has 1 aliphatic rings. The van der Waals surface area contributed by atoms with Gasteiger partial charge in [0.15, 0.2) is 0 Å². The first-order valence-electron chi connectivity index (χ1n) is 6.86. The number of rotatable bonds is 4. The Bertz CT molecular complexity index is 598.